The maximum Gasteiger partial charge on any atom is 0.317 e. The van der Waals surface area contributed by atoms with Crippen LogP contribution in [0.25, 0.3) is 0 Å². The fourth-order valence-electron chi connectivity index (χ4n) is 2.73. The lowest BCUT2D eigenvalue weighted by Crippen LogP contribution is -2.44. The van der Waals surface area contributed by atoms with Crippen molar-refractivity contribution in [1.82, 2.24) is 10.2 Å². The van der Waals surface area contributed by atoms with Crippen LogP contribution >= 0.6 is 0 Å². The number of anilines is 1. The Balaban J connectivity index is 1.97. The number of nitrogens with zero attached hydrogens (tertiary/aromatic N) is 2. The van der Waals surface area contributed by atoms with Crippen LogP contribution in [0.4, 0.5) is 10.5 Å². The van der Waals surface area contributed by atoms with Gasteiger partial charge in [0, 0.05) is 32.2 Å². The van der Waals surface area contributed by atoms with Crippen LogP contribution in [0.5, 0.6) is 0 Å². The van der Waals surface area contributed by atoms with E-state index < -0.39 is 0 Å². The van der Waals surface area contributed by atoms with Gasteiger partial charge in [0.15, 0.2) is 0 Å². The highest BCUT2D eigenvalue weighted by Crippen LogP contribution is 2.24. The molecule has 0 spiro atoms. The minimum atomic E-state index is -0.124. The summed E-state index contributed by atoms with van der Waals surface area (Å²) in [6.07, 6.45) is 2.41. The summed E-state index contributed by atoms with van der Waals surface area (Å²) in [7, 11) is 1.79. The van der Waals surface area contributed by atoms with E-state index in [2.05, 4.69) is 19.2 Å². The standard InChI is InChI=1S/C18H27N3O2/c1-5-6-9-20(4)18(23)19-15-11-17(22)21(12-15)16-8-7-13(2)14(3)10-16/h7-8,10,15H,5-6,9,11-12H2,1-4H3,(H,19,23)/t15-/m0/s1. The Morgan fingerprint density at radius 2 is 2.09 bits per heavy atom. The number of nitrogens with one attached hydrogen (secondary N) is 1. The van der Waals surface area contributed by atoms with Gasteiger partial charge >= 0.3 is 6.03 Å². The minimum absolute atomic E-state index is 0.0646. The largest absolute Gasteiger partial charge is 0.333 e. The maximum atomic E-state index is 12.3. The smallest absolute Gasteiger partial charge is 0.317 e. The van der Waals surface area contributed by atoms with Gasteiger partial charge in [0.2, 0.25) is 5.91 Å². The molecule has 1 fully saturated rings. The summed E-state index contributed by atoms with van der Waals surface area (Å²) in [6, 6.07) is 5.81. The number of aryl methyl sites for hydroxylation is 2. The number of carbonyl (C=O) groups is 2. The molecule has 1 N–H and O–H groups in total. The molecule has 126 valence electrons. The average molecular weight is 317 g/mol. The molecule has 5 nitrogen and oxygen atoms in total. The zero-order valence-electron chi connectivity index (χ0n) is 14.6. The zero-order chi connectivity index (χ0) is 17.0. The Morgan fingerprint density at radius 3 is 2.74 bits per heavy atom. The number of rotatable bonds is 5. The Bertz CT molecular complexity index is 586. The third-order valence-corrected chi connectivity index (χ3v) is 4.45. The zero-order valence-corrected chi connectivity index (χ0v) is 14.6. The molecule has 1 aliphatic heterocycles. The van der Waals surface area contributed by atoms with Crippen molar-refractivity contribution in [3.8, 4) is 0 Å². The number of unbranched alkanes of at least 4 members (excludes halogenated alkanes) is 1. The first-order valence-electron chi connectivity index (χ1n) is 8.31. The monoisotopic (exact) mass is 317 g/mol. The second-order valence-electron chi connectivity index (χ2n) is 6.40. The van der Waals surface area contributed by atoms with E-state index in [4.69, 9.17) is 0 Å². The molecule has 23 heavy (non-hydrogen) atoms. The lowest BCUT2D eigenvalue weighted by molar-refractivity contribution is -0.117. The van der Waals surface area contributed by atoms with Crippen molar-refractivity contribution < 1.29 is 9.59 Å². The normalized spacial score (nSPS) is 17.5. The number of urea groups is 1. The molecule has 0 unspecified atom stereocenters. The fraction of sp³-hybridized carbons (Fsp3) is 0.556. The number of benzene rings is 1. The van der Waals surface area contributed by atoms with E-state index in [1.54, 1.807) is 16.8 Å². The third kappa shape index (κ3) is 4.24. The first kappa shape index (κ1) is 17.3. The molecule has 0 aromatic heterocycles. The van der Waals surface area contributed by atoms with Crippen molar-refractivity contribution in [2.45, 2.75) is 46.1 Å². The van der Waals surface area contributed by atoms with Crippen LogP contribution in [0.3, 0.4) is 0 Å². The van der Waals surface area contributed by atoms with Gasteiger partial charge in [0.25, 0.3) is 0 Å². The summed E-state index contributed by atoms with van der Waals surface area (Å²) in [5.41, 5.74) is 3.29. The minimum Gasteiger partial charge on any atom is -0.333 e. The van der Waals surface area contributed by atoms with E-state index in [0.717, 1.165) is 25.1 Å². The highest BCUT2D eigenvalue weighted by Gasteiger charge is 2.32. The van der Waals surface area contributed by atoms with Gasteiger partial charge < -0.3 is 15.1 Å². The van der Waals surface area contributed by atoms with Crippen LogP contribution in [0.2, 0.25) is 0 Å². The number of hydrogen-bond donors (Lipinski definition) is 1. The Morgan fingerprint density at radius 1 is 1.35 bits per heavy atom. The molecule has 2 rings (SSSR count). The quantitative estimate of drug-likeness (QED) is 0.908. The summed E-state index contributed by atoms with van der Waals surface area (Å²) < 4.78 is 0. The summed E-state index contributed by atoms with van der Waals surface area (Å²) in [5.74, 6) is 0.0646. The van der Waals surface area contributed by atoms with Crippen LogP contribution in [-0.4, -0.2) is 43.0 Å². The molecule has 3 amide bonds. The molecule has 1 aromatic carbocycles. The Labute approximate surface area is 138 Å². The predicted octanol–water partition coefficient (Wildman–Crippen LogP) is 2.85. The highest BCUT2D eigenvalue weighted by atomic mass is 16.2. The molecular weight excluding hydrogens is 290 g/mol. The van der Waals surface area contributed by atoms with Crippen LogP contribution in [-0.2, 0) is 4.79 Å². The van der Waals surface area contributed by atoms with Crippen LogP contribution in [0.1, 0.15) is 37.3 Å². The molecule has 0 radical (unpaired) electrons. The molecule has 0 saturated carbocycles. The molecule has 1 saturated heterocycles. The van der Waals surface area contributed by atoms with E-state index in [0.29, 0.717) is 13.0 Å². The van der Waals surface area contributed by atoms with Gasteiger partial charge in [-0.3, -0.25) is 4.79 Å². The summed E-state index contributed by atoms with van der Waals surface area (Å²) in [4.78, 5) is 27.9. The van der Waals surface area contributed by atoms with Crippen molar-refractivity contribution in [1.29, 1.82) is 0 Å². The molecular formula is C18H27N3O2. The first-order chi connectivity index (χ1) is 10.9. The van der Waals surface area contributed by atoms with Gasteiger partial charge in [0.1, 0.15) is 0 Å². The third-order valence-electron chi connectivity index (χ3n) is 4.45. The topological polar surface area (TPSA) is 52.7 Å². The summed E-state index contributed by atoms with van der Waals surface area (Å²) >= 11 is 0. The van der Waals surface area contributed by atoms with E-state index in [1.165, 1.54) is 11.1 Å². The van der Waals surface area contributed by atoms with Gasteiger partial charge in [-0.05, 0) is 43.5 Å². The van der Waals surface area contributed by atoms with Crippen LogP contribution < -0.4 is 10.2 Å². The number of carbonyl (C=O) groups excluding carboxylic acids is 2. The van der Waals surface area contributed by atoms with Crippen LogP contribution in [0.15, 0.2) is 18.2 Å². The van der Waals surface area contributed by atoms with Crippen LogP contribution in [0, 0.1) is 13.8 Å². The number of amides is 3. The van der Waals surface area contributed by atoms with Gasteiger partial charge in [-0.25, -0.2) is 4.79 Å². The molecule has 1 aromatic rings. The lowest BCUT2D eigenvalue weighted by Gasteiger charge is -2.21. The molecule has 1 atom stereocenters. The molecule has 0 aliphatic carbocycles. The number of hydrogen-bond acceptors (Lipinski definition) is 2. The van der Waals surface area contributed by atoms with Crippen molar-refractivity contribution in [3.05, 3.63) is 29.3 Å². The molecule has 1 heterocycles. The predicted molar refractivity (Wildman–Crippen MR) is 92.7 cm³/mol. The molecule has 5 heteroatoms. The summed E-state index contributed by atoms with van der Waals surface area (Å²) in [5, 5.41) is 2.97. The SMILES string of the molecule is CCCCN(C)C(=O)N[C@H]1CC(=O)N(c2ccc(C)c(C)c2)C1. The van der Waals surface area contributed by atoms with Gasteiger partial charge in [-0.2, -0.15) is 0 Å². The first-order valence-corrected chi connectivity index (χ1v) is 8.31. The summed E-state index contributed by atoms with van der Waals surface area (Å²) in [6.45, 7) is 7.47. The Kier molecular flexibility index (Phi) is 5.64. The van der Waals surface area contributed by atoms with Crippen molar-refractivity contribution in [2.24, 2.45) is 0 Å². The van der Waals surface area contributed by atoms with E-state index in [9.17, 15) is 9.59 Å². The van der Waals surface area contributed by atoms with Gasteiger partial charge in [0.05, 0.1) is 6.04 Å². The van der Waals surface area contributed by atoms with E-state index in [-0.39, 0.29) is 18.0 Å². The Hall–Kier alpha value is -2.04. The van der Waals surface area contributed by atoms with Crippen molar-refractivity contribution >= 4 is 17.6 Å². The fourth-order valence-corrected chi connectivity index (χ4v) is 2.73. The van der Waals surface area contributed by atoms with Gasteiger partial charge in [-0.15, -0.1) is 0 Å². The van der Waals surface area contributed by atoms with E-state index >= 15 is 0 Å². The van der Waals surface area contributed by atoms with Crippen molar-refractivity contribution in [3.63, 3.8) is 0 Å². The second kappa shape index (κ2) is 7.49. The van der Waals surface area contributed by atoms with Crippen molar-refractivity contribution in [2.75, 3.05) is 25.0 Å². The second-order valence-corrected chi connectivity index (χ2v) is 6.40. The van der Waals surface area contributed by atoms with E-state index in [1.807, 2.05) is 25.1 Å². The average Bonchev–Trinajstić information content (AvgIpc) is 2.88. The molecule has 1 aliphatic rings. The maximum absolute atomic E-state index is 12.3. The lowest BCUT2D eigenvalue weighted by atomic mass is 10.1. The highest BCUT2D eigenvalue weighted by molar-refractivity contribution is 5.96. The van der Waals surface area contributed by atoms with Gasteiger partial charge in [-0.1, -0.05) is 19.4 Å². The molecule has 0 bridgehead atoms.